The fourth-order valence-electron chi connectivity index (χ4n) is 3.57. The van der Waals surface area contributed by atoms with Crippen molar-refractivity contribution in [2.45, 2.75) is 65.5 Å². The average Bonchev–Trinajstić information content (AvgIpc) is 2.91. The third-order valence-electron chi connectivity index (χ3n) is 5.52. The van der Waals surface area contributed by atoms with E-state index in [2.05, 4.69) is 40.7 Å². The van der Waals surface area contributed by atoms with Crippen LogP contribution in [0.4, 0.5) is 5.95 Å². The molecule has 6 heteroatoms. The molecule has 142 valence electrons. The number of anilines is 1. The Kier molecular flexibility index (Phi) is 6.25. The van der Waals surface area contributed by atoms with Gasteiger partial charge in [-0.05, 0) is 33.6 Å². The summed E-state index contributed by atoms with van der Waals surface area (Å²) >= 11 is 0. The quantitative estimate of drug-likeness (QED) is 0.889. The van der Waals surface area contributed by atoms with Gasteiger partial charge in [-0.3, -0.25) is 0 Å². The predicted octanol–water partition coefficient (Wildman–Crippen LogP) is 3.45. The van der Waals surface area contributed by atoms with Crippen LogP contribution in [0.15, 0.2) is 12.4 Å². The maximum absolute atomic E-state index is 4.82. The van der Waals surface area contributed by atoms with Crippen LogP contribution < -0.4 is 10.2 Å². The Bertz CT molecular complexity index is 715. The lowest BCUT2D eigenvalue weighted by Crippen LogP contribution is -2.29. The van der Waals surface area contributed by atoms with Crippen LogP contribution in [0.1, 0.15) is 67.8 Å². The third kappa shape index (κ3) is 4.41. The van der Waals surface area contributed by atoms with Gasteiger partial charge in [0.15, 0.2) is 0 Å². The molecule has 2 aromatic heterocycles. The molecule has 1 aliphatic rings. The molecular weight excluding hydrogens is 324 g/mol. The minimum atomic E-state index is 0.201. The van der Waals surface area contributed by atoms with Gasteiger partial charge in [-0.15, -0.1) is 0 Å². The fourth-order valence-corrected chi connectivity index (χ4v) is 3.57. The molecule has 1 N–H and O–H groups in total. The fraction of sp³-hybridized carbons (Fsp3) is 0.650. The normalized spacial score (nSPS) is 17.0. The third-order valence-corrected chi connectivity index (χ3v) is 5.52. The Labute approximate surface area is 157 Å². The van der Waals surface area contributed by atoms with Gasteiger partial charge in [0.1, 0.15) is 5.82 Å². The highest BCUT2D eigenvalue weighted by molar-refractivity contribution is 5.34. The maximum Gasteiger partial charge on any atom is 0.225 e. The van der Waals surface area contributed by atoms with E-state index in [4.69, 9.17) is 9.97 Å². The van der Waals surface area contributed by atoms with Gasteiger partial charge < -0.3 is 14.8 Å². The van der Waals surface area contributed by atoms with Crippen LogP contribution in [-0.4, -0.2) is 32.6 Å². The molecule has 0 saturated carbocycles. The Morgan fingerprint density at radius 2 is 1.73 bits per heavy atom. The second-order valence-electron chi connectivity index (χ2n) is 7.42. The first-order valence-corrected chi connectivity index (χ1v) is 9.85. The van der Waals surface area contributed by atoms with Crippen molar-refractivity contribution in [1.82, 2.24) is 24.8 Å². The number of nitrogens with zero attached hydrogens (tertiary/aromatic N) is 5. The molecule has 1 aliphatic heterocycles. The number of hydrogen-bond acceptors (Lipinski definition) is 5. The molecule has 1 saturated heterocycles. The molecule has 0 unspecified atom stereocenters. The maximum atomic E-state index is 4.82. The molecule has 3 heterocycles. The van der Waals surface area contributed by atoms with Crippen molar-refractivity contribution >= 4 is 5.95 Å². The highest BCUT2D eigenvalue weighted by atomic mass is 15.2. The molecule has 1 atom stereocenters. The van der Waals surface area contributed by atoms with Crippen molar-refractivity contribution in [2.75, 3.05) is 18.0 Å². The summed E-state index contributed by atoms with van der Waals surface area (Å²) in [5.41, 5.74) is 3.42. The topological polar surface area (TPSA) is 58.9 Å². The molecular formula is C20H32N6. The summed E-state index contributed by atoms with van der Waals surface area (Å²) in [7, 11) is 2.05. The van der Waals surface area contributed by atoms with Crippen LogP contribution in [0.3, 0.4) is 0 Å². The number of imidazole rings is 1. The molecule has 6 nitrogen and oxygen atoms in total. The molecule has 26 heavy (non-hydrogen) atoms. The van der Waals surface area contributed by atoms with E-state index in [1.165, 1.54) is 43.4 Å². The molecule has 0 bridgehead atoms. The second kappa shape index (κ2) is 8.62. The summed E-state index contributed by atoms with van der Waals surface area (Å²) in [5, 5.41) is 3.57. The van der Waals surface area contributed by atoms with Gasteiger partial charge in [0.05, 0.1) is 5.69 Å². The summed E-state index contributed by atoms with van der Waals surface area (Å²) in [4.78, 5) is 16.2. The van der Waals surface area contributed by atoms with Crippen molar-refractivity contribution in [3.05, 3.63) is 35.2 Å². The average molecular weight is 357 g/mol. The first-order valence-electron chi connectivity index (χ1n) is 9.85. The number of rotatable bonds is 5. The molecule has 1 fully saturated rings. The van der Waals surface area contributed by atoms with E-state index in [9.17, 15) is 0 Å². The van der Waals surface area contributed by atoms with E-state index < -0.39 is 0 Å². The van der Waals surface area contributed by atoms with Crippen LogP contribution in [0.25, 0.3) is 0 Å². The number of hydrogen-bond donors (Lipinski definition) is 1. The second-order valence-corrected chi connectivity index (χ2v) is 7.42. The summed E-state index contributed by atoms with van der Waals surface area (Å²) in [5.74, 6) is 1.93. The number of aromatic nitrogens is 4. The van der Waals surface area contributed by atoms with Gasteiger partial charge in [0.2, 0.25) is 5.95 Å². The molecule has 0 aromatic carbocycles. The Balaban J connectivity index is 1.65. The van der Waals surface area contributed by atoms with Crippen molar-refractivity contribution < 1.29 is 0 Å². The Hall–Kier alpha value is -1.95. The first kappa shape index (κ1) is 18.8. The van der Waals surface area contributed by atoms with E-state index in [0.29, 0.717) is 0 Å². The highest BCUT2D eigenvalue weighted by Crippen LogP contribution is 2.20. The largest absolute Gasteiger partial charge is 0.341 e. The van der Waals surface area contributed by atoms with E-state index in [1.54, 1.807) is 0 Å². The minimum absolute atomic E-state index is 0.201. The zero-order valence-corrected chi connectivity index (χ0v) is 16.6. The summed E-state index contributed by atoms with van der Waals surface area (Å²) in [6.07, 6.45) is 10.4. The first-order chi connectivity index (χ1) is 12.6. The molecule has 0 spiro atoms. The summed E-state index contributed by atoms with van der Waals surface area (Å²) in [6, 6.07) is 0.201. The molecule has 0 aliphatic carbocycles. The van der Waals surface area contributed by atoms with Gasteiger partial charge >= 0.3 is 0 Å². The van der Waals surface area contributed by atoms with Crippen molar-refractivity contribution in [1.29, 1.82) is 0 Å². The SMILES string of the molecule is Cc1nc(N2CCCCCCC2)ncc1[C@H](C)NCc1cnc(C)n1C. The monoisotopic (exact) mass is 356 g/mol. The molecule has 2 aromatic rings. The molecule has 0 amide bonds. The minimum Gasteiger partial charge on any atom is -0.341 e. The predicted molar refractivity (Wildman–Crippen MR) is 105 cm³/mol. The molecule has 0 radical (unpaired) electrons. The van der Waals surface area contributed by atoms with E-state index in [-0.39, 0.29) is 6.04 Å². The summed E-state index contributed by atoms with van der Waals surface area (Å²) < 4.78 is 2.12. The van der Waals surface area contributed by atoms with Gasteiger partial charge in [-0.2, -0.15) is 0 Å². The lowest BCUT2D eigenvalue weighted by atomic mass is 10.1. The number of aryl methyl sites for hydroxylation is 2. The Morgan fingerprint density at radius 3 is 2.35 bits per heavy atom. The van der Waals surface area contributed by atoms with E-state index in [1.807, 2.05) is 19.3 Å². The zero-order chi connectivity index (χ0) is 18.5. The van der Waals surface area contributed by atoms with Gasteiger partial charge in [0.25, 0.3) is 0 Å². The van der Waals surface area contributed by atoms with Gasteiger partial charge in [0, 0.05) is 56.4 Å². The number of nitrogens with one attached hydrogen (secondary N) is 1. The summed E-state index contributed by atoms with van der Waals surface area (Å²) in [6.45, 7) is 9.22. The lowest BCUT2D eigenvalue weighted by Gasteiger charge is -2.25. The van der Waals surface area contributed by atoms with Crippen molar-refractivity contribution in [2.24, 2.45) is 7.05 Å². The van der Waals surface area contributed by atoms with Crippen molar-refractivity contribution in [3.63, 3.8) is 0 Å². The van der Waals surface area contributed by atoms with Gasteiger partial charge in [-0.1, -0.05) is 19.3 Å². The van der Waals surface area contributed by atoms with Crippen LogP contribution in [0.5, 0.6) is 0 Å². The standard InChI is InChI=1S/C20H32N6/c1-15(21-12-18-13-22-17(3)25(18)4)19-14-23-20(24-16(19)2)26-10-8-6-5-7-9-11-26/h13-15,21H,5-12H2,1-4H3/t15-/m0/s1. The van der Waals surface area contributed by atoms with Crippen molar-refractivity contribution in [3.8, 4) is 0 Å². The van der Waals surface area contributed by atoms with Crippen LogP contribution in [0.2, 0.25) is 0 Å². The Morgan fingerprint density at radius 1 is 1.04 bits per heavy atom. The lowest BCUT2D eigenvalue weighted by molar-refractivity contribution is 0.542. The highest BCUT2D eigenvalue weighted by Gasteiger charge is 2.16. The van der Waals surface area contributed by atoms with Gasteiger partial charge in [-0.25, -0.2) is 15.0 Å². The van der Waals surface area contributed by atoms with E-state index in [0.717, 1.165) is 37.1 Å². The smallest absolute Gasteiger partial charge is 0.225 e. The van der Waals surface area contributed by atoms with Crippen LogP contribution in [-0.2, 0) is 13.6 Å². The molecule has 3 rings (SSSR count). The van der Waals surface area contributed by atoms with E-state index >= 15 is 0 Å². The van der Waals surface area contributed by atoms with Crippen LogP contribution in [0, 0.1) is 13.8 Å². The zero-order valence-electron chi connectivity index (χ0n) is 16.6. The van der Waals surface area contributed by atoms with Crippen LogP contribution >= 0.6 is 0 Å².